The highest BCUT2D eigenvalue weighted by atomic mass is 16.3. The molecule has 0 radical (unpaired) electrons. The number of rotatable bonds is 5. The summed E-state index contributed by atoms with van der Waals surface area (Å²) in [5, 5.41) is 13.7. The summed E-state index contributed by atoms with van der Waals surface area (Å²) in [5.74, 6) is 0.333. The van der Waals surface area contributed by atoms with Gasteiger partial charge >= 0.3 is 0 Å². The van der Waals surface area contributed by atoms with E-state index in [1.165, 1.54) is 5.56 Å². The molecule has 128 valence electrons. The van der Waals surface area contributed by atoms with Gasteiger partial charge in [0.2, 0.25) is 5.91 Å². The molecular weight excluding hydrogens is 292 g/mol. The van der Waals surface area contributed by atoms with Crippen molar-refractivity contribution >= 4 is 5.91 Å². The van der Waals surface area contributed by atoms with Crippen LogP contribution >= 0.6 is 0 Å². The SMILES string of the molecule is Cc1nn(CCO)c(C)c1CN1CCCC(N2CCCC2=O)C1. The number of piperidine rings is 1. The molecule has 2 aliphatic heterocycles. The van der Waals surface area contributed by atoms with E-state index >= 15 is 0 Å². The molecule has 0 bridgehead atoms. The number of carbonyl (C=O) groups excluding carboxylic acids is 1. The van der Waals surface area contributed by atoms with Crippen molar-refractivity contribution in [2.24, 2.45) is 0 Å². The van der Waals surface area contributed by atoms with Gasteiger partial charge in [0.05, 0.1) is 18.8 Å². The Morgan fingerprint density at radius 1 is 1.26 bits per heavy atom. The van der Waals surface area contributed by atoms with Gasteiger partial charge in [-0.2, -0.15) is 5.10 Å². The molecule has 3 heterocycles. The first kappa shape index (κ1) is 16.5. The van der Waals surface area contributed by atoms with Gasteiger partial charge in [-0.3, -0.25) is 14.4 Å². The van der Waals surface area contributed by atoms with Crippen LogP contribution in [0.1, 0.15) is 42.6 Å². The highest BCUT2D eigenvalue weighted by Gasteiger charge is 2.31. The van der Waals surface area contributed by atoms with Crippen LogP contribution in [-0.4, -0.2) is 62.9 Å². The normalized spacial score (nSPS) is 23.0. The van der Waals surface area contributed by atoms with Crippen molar-refractivity contribution in [1.29, 1.82) is 0 Å². The van der Waals surface area contributed by atoms with E-state index in [2.05, 4.69) is 21.8 Å². The van der Waals surface area contributed by atoms with Crippen LogP contribution in [0.2, 0.25) is 0 Å². The summed E-state index contributed by atoms with van der Waals surface area (Å²) in [6.45, 7) is 8.67. The lowest BCUT2D eigenvalue weighted by Gasteiger charge is -2.37. The van der Waals surface area contributed by atoms with E-state index in [4.69, 9.17) is 5.11 Å². The third kappa shape index (κ3) is 3.43. The molecule has 0 aliphatic carbocycles. The van der Waals surface area contributed by atoms with E-state index in [9.17, 15) is 4.79 Å². The fraction of sp³-hybridized carbons (Fsp3) is 0.765. The zero-order valence-corrected chi connectivity index (χ0v) is 14.3. The maximum Gasteiger partial charge on any atom is 0.222 e. The van der Waals surface area contributed by atoms with Crippen molar-refractivity contribution in [3.63, 3.8) is 0 Å². The van der Waals surface area contributed by atoms with E-state index < -0.39 is 0 Å². The first-order valence-corrected chi connectivity index (χ1v) is 8.75. The summed E-state index contributed by atoms with van der Waals surface area (Å²) in [7, 11) is 0. The van der Waals surface area contributed by atoms with Crippen LogP contribution < -0.4 is 0 Å². The lowest BCUT2D eigenvalue weighted by molar-refractivity contribution is -0.130. The number of aliphatic hydroxyl groups is 1. The van der Waals surface area contributed by atoms with Gasteiger partial charge in [-0.15, -0.1) is 0 Å². The molecule has 0 spiro atoms. The Hall–Kier alpha value is -1.40. The molecule has 1 N–H and O–H groups in total. The van der Waals surface area contributed by atoms with Crippen LogP contribution in [0.15, 0.2) is 0 Å². The van der Waals surface area contributed by atoms with E-state index in [-0.39, 0.29) is 6.61 Å². The van der Waals surface area contributed by atoms with Crippen molar-refractivity contribution in [3.05, 3.63) is 17.0 Å². The van der Waals surface area contributed by atoms with Crippen LogP contribution in [0.4, 0.5) is 0 Å². The lowest BCUT2D eigenvalue weighted by Crippen LogP contribution is -2.48. The molecule has 2 saturated heterocycles. The van der Waals surface area contributed by atoms with Crippen molar-refractivity contribution < 1.29 is 9.90 Å². The summed E-state index contributed by atoms with van der Waals surface area (Å²) in [5.41, 5.74) is 3.47. The largest absolute Gasteiger partial charge is 0.394 e. The van der Waals surface area contributed by atoms with Crippen molar-refractivity contribution in [2.75, 3.05) is 26.2 Å². The topological polar surface area (TPSA) is 61.6 Å². The Kier molecular flexibility index (Phi) is 5.02. The van der Waals surface area contributed by atoms with E-state index in [0.717, 1.165) is 63.3 Å². The zero-order valence-electron chi connectivity index (χ0n) is 14.3. The highest BCUT2D eigenvalue weighted by Crippen LogP contribution is 2.24. The highest BCUT2D eigenvalue weighted by molar-refractivity contribution is 5.78. The second kappa shape index (κ2) is 7.01. The molecule has 6 nitrogen and oxygen atoms in total. The van der Waals surface area contributed by atoms with Crippen LogP contribution in [0.25, 0.3) is 0 Å². The third-order valence-corrected chi connectivity index (χ3v) is 5.26. The molecule has 0 saturated carbocycles. The zero-order chi connectivity index (χ0) is 16.4. The number of aromatic nitrogens is 2. The predicted molar refractivity (Wildman–Crippen MR) is 88.0 cm³/mol. The molecule has 1 unspecified atom stereocenters. The standard InChI is InChI=1S/C17H28N4O2/c1-13-16(14(2)21(18-13)9-10-22)12-19-7-3-5-15(11-19)20-8-4-6-17(20)23/h15,22H,3-12H2,1-2H3. The molecule has 23 heavy (non-hydrogen) atoms. The minimum Gasteiger partial charge on any atom is -0.394 e. The van der Waals surface area contributed by atoms with Gasteiger partial charge in [0.15, 0.2) is 0 Å². The summed E-state index contributed by atoms with van der Waals surface area (Å²) < 4.78 is 1.90. The smallest absolute Gasteiger partial charge is 0.222 e. The summed E-state index contributed by atoms with van der Waals surface area (Å²) in [6.07, 6.45) is 4.02. The number of hydrogen-bond donors (Lipinski definition) is 1. The van der Waals surface area contributed by atoms with E-state index in [1.54, 1.807) is 0 Å². The number of amides is 1. The quantitative estimate of drug-likeness (QED) is 0.882. The Balaban J connectivity index is 1.67. The third-order valence-electron chi connectivity index (χ3n) is 5.26. The number of aryl methyl sites for hydroxylation is 1. The molecule has 3 rings (SSSR count). The van der Waals surface area contributed by atoms with Gasteiger partial charge in [0.25, 0.3) is 0 Å². The molecule has 1 aromatic heterocycles. The maximum absolute atomic E-state index is 12.0. The second-order valence-corrected chi connectivity index (χ2v) is 6.82. The van der Waals surface area contributed by atoms with Crippen molar-refractivity contribution in [3.8, 4) is 0 Å². The molecule has 2 fully saturated rings. The molecule has 2 aliphatic rings. The fourth-order valence-corrected chi connectivity index (χ4v) is 3.98. The monoisotopic (exact) mass is 320 g/mol. The van der Waals surface area contributed by atoms with Crippen LogP contribution in [0.3, 0.4) is 0 Å². The van der Waals surface area contributed by atoms with Gasteiger partial charge < -0.3 is 10.0 Å². The molecule has 0 aromatic carbocycles. The molecule has 1 amide bonds. The number of aliphatic hydroxyl groups excluding tert-OH is 1. The first-order chi connectivity index (χ1) is 11.1. The fourth-order valence-electron chi connectivity index (χ4n) is 3.98. The number of hydrogen-bond acceptors (Lipinski definition) is 4. The number of nitrogens with zero attached hydrogens (tertiary/aromatic N) is 4. The Morgan fingerprint density at radius 2 is 2.09 bits per heavy atom. The van der Waals surface area contributed by atoms with Crippen LogP contribution in [0, 0.1) is 13.8 Å². The Labute approximate surface area is 138 Å². The average Bonchev–Trinajstić information content (AvgIpc) is 3.07. The Bertz CT molecular complexity index is 569. The van der Waals surface area contributed by atoms with Crippen molar-refractivity contribution in [2.45, 2.75) is 58.7 Å². The van der Waals surface area contributed by atoms with Gasteiger partial charge in [0.1, 0.15) is 0 Å². The maximum atomic E-state index is 12.0. The second-order valence-electron chi connectivity index (χ2n) is 6.82. The van der Waals surface area contributed by atoms with Crippen LogP contribution in [-0.2, 0) is 17.9 Å². The Morgan fingerprint density at radius 3 is 2.78 bits per heavy atom. The summed E-state index contributed by atoms with van der Waals surface area (Å²) >= 11 is 0. The number of likely N-dealkylation sites (tertiary alicyclic amines) is 2. The van der Waals surface area contributed by atoms with Gasteiger partial charge in [-0.05, 0) is 39.7 Å². The molecule has 1 atom stereocenters. The van der Waals surface area contributed by atoms with Crippen molar-refractivity contribution in [1.82, 2.24) is 19.6 Å². The summed E-state index contributed by atoms with van der Waals surface area (Å²) in [6, 6.07) is 0.381. The van der Waals surface area contributed by atoms with E-state index in [0.29, 0.717) is 18.5 Å². The summed E-state index contributed by atoms with van der Waals surface area (Å²) in [4.78, 5) is 16.5. The first-order valence-electron chi connectivity index (χ1n) is 8.75. The number of carbonyl (C=O) groups is 1. The predicted octanol–water partition coefficient (Wildman–Crippen LogP) is 1.08. The molecule has 6 heteroatoms. The van der Waals surface area contributed by atoms with E-state index in [1.807, 2.05) is 11.6 Å². The molecule has 1 aromatic rings. The van der Waals surface area contributed by atoms with Gasteiger partial charge in [-0.1, -0.05) is 0 Å². The average molecular weight is 320 g/mol. The minimum atomic E-state index is 0.115. The van der Waals surface area contributed by atoms with Crippen LogP contribution in [0.5, 0.6) is 0 Å². The minimum absolute atomic E-state index is 0.115. The van der Waals surface area contributed by atoms with Gasteiger partial charge in [0, 0.05) is 43.4 Å². The van der Waals surface area contributed by atoms with Gasteiger partial charge in [-0.25, -0.2) is 0 Å². The lowest BCUT2D eigenvalue weighted by atomic mass is 10.0. The molecular formula is C17H28N4O2.